The van der Waals surface area contributed by atoms with E-state index >= 15 is 0 Å². The van der Waals surface area contributed by atoms with Gasteiger partial charge in [-0.2, -0.15) is 0 Å². The van der Waals surface area contributed by atoms with Crippen molar-refractivity contribution in [1.29, 1.82) is 0 Å². The first-order valence-electron chi connectivity index (χ1n) is 11.3. The third-order valence-corrected chi connectivity index (χ3v) is 9.35. The molecule has 1 aromatic carbocycles. The molecule has 1 aliphatic carbocycles. The largest absolute Gasteiger partial charge is 0.480 e. The van der Waals surface area contributed by atoms with Crippen molar-refractivity contribution in [3.8, 4) is 0 Å². The van der Waals surface area contributed by atoms with Crippen molar-refractivity contribution in [2.24, 2.45) is 11.8 Å². The van der Waals surface area contributed by atoms with E-state index in [4.69, 9.17) is 11.6 Å². The van der Waals surface area contributed by atoms with Crippen LogP contribution >= 0.6 is 34.3 Å². The third kappa shape index (κ3) is 3.89. The minimum atomic E-state index is -1.14. The molecule has 1 amide bonds. The molecule has 1 N–H and O–H groups in total. The fraction of sp³-hybridized carbons (Fsp3) is 0.346. The molecule has 5 nitrogen and oxygen atoms in total. The normalized spacial score (nSPS) is 24.7. The number of benzene rings is 1. The van der Waals surface area contributed by atoms with Crippen LogP contribution < -0.4 is 0 Å². The zero-order valence-corrected chi connectivity index (χ0v) is 20.9. The Morgan fingerprint density at radius 1 is 1.03 bits per heavy atom. The van der Waals surface area contributed by atoms with Crippen LogP contribution in [0.15, 0.2) is 53.2 Å². The molecule has 176 valence electrons. The zero-order chi connectivity index (χ0) is 24.0. The minimum absolute atomic E-state index is 0.122. The highest BCUT2D eigenvalue weighted by atomic mass is 35.5. The Morgan fingerprint density at radius 3 is 2.29 bits per heavy atom. The first-order chi connectivity index (χ1) is 16.4. The van der Waals surface area contributed by atoms with Gasteiger partial charge >= 0.3 is 5.97 Å². The number of thiophene rings is 2. The van der Waals surface area contributed by atoms with Crippen LogP contribution in [-0.4, -0.2) is 33.7 Å². The molecule has 5 rings (SSSR count). The Balaban J connectivity index is 1.73. The van der Waals surface area contributed by atoms with Crippen LogP contribution in [0.1, 0.15) is 56.9 Å². The molecule has 4 unspecified atom stereocenters. The van der Waals surface area contributed by atoms with Gasteiger partial charge in [-0.3, -0.25) is 9.59 Å². The summed E-state index contributed by atoms with van der Waals surface area (Å²) in [6.07, 6.45) is 2.47. The summed E-state index contributed by atoms with van der Waals surface area (Å²) in [7, 11) is 0. The predicted molar refractivity (Wildman–Crippen MR) is 134 cm³/mol. The number of ketones is 1. The Hall–Kier alpha value is -2.48. The number of rotatable bonds is 6. The van der Waals surface area contributed by atoms with Crippen molar-refractivity contribution in [3.05, 3.63) is 79.1 Å². The molecule has 0 radical (unpaired) electrons. The van der Waals surface area contributed by atoms with Crippen LogP contribution in [0.2, 0.25) is 5.02 Å². The van der Waals surface area contributed by atoms with Crippen molar-refractivity contribution in [2.45, 2.75) is 44.2 Å². The van der Waals surface area contributed by atoms with Crippen molar-refractivity contribution in [1.82, 2.24) is 4.90 Å². The number of hydrogen-bond donors (Lipinski definition) is 1. The number of nitrogens with zero attached hydrogens (tertiary/aromatic N) is 1. The van der Waals surface area contributed by atoms with Gasteiger partial charge in [0.1, 0.15) is 6.04 Å². The van der Waals surface area contributed by atoms with Gasteiger partial charge in [0.25, 0.3) is 0 Å². The Kier molecular flexibility index (Phi) is 6.35. The molecule has 3 heterocycles. The van der Waals surface area contributed by atoms with E-state index < -0.39 is 29.9 Å². The van der Waals surface area contributed by atoms with Gasteiger partial charge in [0, 0.05) is 21.7 Å². The number of halogens is 1. The SMILES string of the molecule is Cc1ccsc1C1C(C(=O)c2cccs2)C(c2ccc(Cl)cc2)C(C(=O)O)N1C(=O)C1CCC1. The van der Waals surface area contributed by atoms with Crippen LogP contribution in [0.25, 0.3) is 0 Å². The first-order valence-corrected chi connectivity index (χ1v) is 13.4. The van der Waals surface area contributed by atoms with Gasteiger partial charge in [0.15, 0.2) is 5.78 Å². The molecule has 0 bridgehead atoms. The highest BCUT2D eigenvalue weighted by Gasteiger charge is 2.59. The van der Waals surface area contributed by atoms with Crippen molar-refractivity contribution in [2.75, 3.05) is 0 Å². The number of aliphatic carboxylic acids is 1. The van der Waals surface area contributed by atoms with E-state index in [9.17, 15) is 19.5 Å². The van der Waals surface area contributed by atoms with Gasteiger partial charge in [-0.05, 0) is 65.9 Å². The molecule has 8 heteroatoms. The maximum Gasteiger partial charge on any atom is 0.327 e. The van der Waals surface area contributed by atoms with E-state index in [1.54, 1.807) is 35.2 Å². The summed E-state index contributed by atoms with van der Waals surface area (Å²) < 4.78 is 0. The molecule has 2 aliphatic rings. The predicted octanol–water partition coefficient (Wildman–Crippen LogP) is 6.19. The topological polar surface area (TPSA) is 74.7 Å². The minimum Gasteiger partial charge on any atom is -0.480 e. The standard InChI is InChI=1S/C26H24ClNO4S2/c1-14-11-13-34-24(14)21-20(23(29)18-6-3-12-33-18)19(15-7-9-17(27)10-8-15)22(26(31)32)28(21)25(30)16-4-2-5-16/h3,6-13,16,19-22H,2,4-5H2,1H3,(H,31,32). The van der Waals surface area contributed by atoms with E-state index in [0.717, 1.165) is 29.7 Å². The van der Waals surface area contributed by atoms with E-state index in [1.807, 2.05) is 29.8 Å². The summed E-state index contributed by atoms with van der Waals surface area (Å²) in [5.74, 6) is -2.97. The maximum atomic E-state index is 14.0. The Bertz CT molecular complexity index is 1220. The smallest absolute Gasteiger partial charge is 0.327 e. The molecular weight excluding hydrogens is 490 g/mol. The molecular formula is C26H24ClNO4S2. The van der Waals surface area contributed by atoms with E-state index in [-0.39, 0.29) is 17.6 Å². The number of Topliss-reactive ketones (excluding diaryl/α,β-unsaturated/α-hetero) is 1. The van der Waals surface area contributed by atoms with Crippen molar-refractivity contribution >= 4 is 51.9 Å². The van der Waals surface area contributed by atoms with Crippen LogP contribution in [0, 0.1) is 18.8 Å². The summed E-state index contributed by atoms with van der Waals surface area (Å²) >= 11 is 8.96. The lowest BCUT2D eigenvalue weighted by Gasteiger charge is -2.36. The number of carboxylic acids is 1. The molecule has 34 heavy (non-hydrogen) atoms. The van der Waals surface area contributed by atoms with Gasteiger partial charge in [0.05, 0.1) is 16.8 Å². The summed E-state index contributed by atoms with van der Waals surface area (Å²) in [6, 6.07) is 10.8. The van der Waals surface area contributed by atoms with Gasteiger partial charge in [-0.15, -0.1) is 22.7 Å². The van der Waals surface area contributed by atoms with Gasteiger partial charge in [-0.1, -0.05) is 36.2 Å². The lowest BCUT2D eigenvalue weighted by Crippen LogP contribution is -2.47. The van der Waals surface area contributed by atoms with Crippen LogP contribution in [0.5, 0.6) is 0 Å². The summed E-state index contributed by atoms with van der Waals surface area (Å²) in [5, 5.41) is 14.8. The fourth-order valence-corrected chi connectivity index (χ4v) is 7.18. The van der Waals surface area contributed by atoms with E-state index in [0.29, 0.717) is 15.5 Å². The average molecular weight is 514 g/mol. The molecule has 1 saturated heterocycles. The molecule has 0 spiro atoms. The van der Waals surface area contributed by atoms with Crippen LogP contribution in [-0.2, 0) is 9.59 Å². The summed E-state index contributed by atoms with van der Waals surface area (Å²) in [4.78, 5) is 43.6. The lowest BCUT2D eigenvalue weighted by atomic mass is 9.78. The second-order valence-electron chi connectivity index (χ2n) is 9.01. The monoisotopic (exact) mass is 513 g/mol. The van der Waals surface area contributed by atoms with Gasteiger partial charge in [-0.25, -0.2) is 4.79 Å². The first kappa shape index (κ1) is 23.3. The molecule has 2 aromatic heterocycles. The number of carbonyl (C=O) groups excluding carboxylic acids is 2. The molecule has 1 aliphatic heterocycles. The number of carboxylic acid groups (broad SMARTS) is 1. The lowest BCUT2D eigenvalue weighted by molar-refractivity contribution is -0.153. The zero-order valence-electron chi connectivity index (χ0n) is 18.5. The van der Waals surface area contributed by atoms with Crippen molar-refractivity contribution in [3.63, 3.8) is 0 Å². The molecule has 4 atom stereocenters. The van der Waals surface area contributed by atoms with Crippen LogP contribution in [0.4, 0.5) is 0 Å². The Morgan fingerprint density at radius 2 is 1.76 bits per heavy atom. The average Bonchev–Trinajstić information content (AvgIpc) is 3.50. The van der Waals surface area contributed by atoms with Gasteiger partial charge < -0.3 is 10.0 Å². The highest BCUT2D eigenvalue weighted by molar-refractivity contribution is 7.12. The fourth-order valence-electron chi connectivity index (χ4n) is 5.27. The maximum absolute atomic E-state index is 14.0. The molecule has 3 aromatic rings. The van der Waals surface area contributed by atoms with Gasteiger partial charge in [0.2, 0.25) is 5.91 Å². The van der Waals surface area contributed by atoms with E-state index in [2.05, 4.69) is 0 Å². The summed E-state index contributed by atoms with van der Waals surface area (Å²) in [6.45, 7) is 1.95. The summed E-state index contributed by atoms with van der Waals surface area (Å²) in [5.41, 5.74) is 1.67. The van der Waals surface area contributed by atoms with E-state index in [1.165, 1.54) is 22.7 Å². The van der Waals surface area contributed by atoms with Crippen molar-refractivity contribution < 1.29 is 19.5 Å². The number of likely N-dealkylation sites (tertiary alicyclic amines) is 1. The second kappa shape index (κ2) is 9.29. The number of amides is 1. The number of hydrogen-bond acceptors (Lipinski definition) is 5. The molecule has 1 saturated carbocycles. The second-order valence-corrected chi connectivity index (χ2v) is 11.3. The highest BCUT2D eigenvalue weighted by Crippen LogP contribution is 2.54. The Labute approximate surface area is 211 Å². The quantitative estimate of drug-likeness (QED) is 0.399. The third-order valence-electron chi connectivity index (χ3n) is 7.12. The number of aryl methyl sites for hydroxylation is 1. The molecule has 2 fully saturated rings. The van der Waals surface area contributed by atoms with Crippen LogP contribution in [0.3, 0.4) is 0 Å². The number of carbonyl (C=O) groups is 3.